The smallest absolute Gasteiger partial charge is 0.361 e. The Kier molecular flexibility index (Phi) is 9.77. The summed E-state index contributed by atoms with van der Waals surface area (Å²) in [7, 11) is 0. The van der Waals surface area contributed by atoms with Gasteiger partial charge in [-0.1, -0.05) is 24.1 Å². The van der Waals surface area contributed by atoms with Crippen LogP contribution in [0.4, 0.5) is 0 Å². The number of esters is 1. The zero-order valence-corrected chi connectivity index (χ0v) is 14.6. The maximum Gasteiger partial charge on any atom is 0.361 e. The van der Waals surface area contributed by atoms with Crippen LogP contribution in [0.15, 0.2) is 30.3 Å². The Morgan fingerprint density at radius 3 is 2.29 bits per heavy atom. The molecular formula is C17H24BrNO2. The molecule has 0 amide bonds. The molecule has 0 radical (unpaired) electrons. The largest absolute Gasteiger partial charge is 1.00 e. The van der Waals surface area contributed by atoms with Crippen molar-refractivity contribution in [1.29, 1.82) is 0 Å². The molecule has 0 unspecified atom stereocenters. The fourth-order valence-electron chi connectivity index (χ4n) is 2.04. The van der Waals surface area contributed by atoms with Gasteiger partial charge in [0.25, 0.3) is 0 Å². The zero-order chi connectivity index (χ0) is 14.8. The van der Waals surface area contributed by atoms with E-state index in [0.717, 1.165) is 18.7 Å². The van der Waals surface area contributed by atoms with Crippen molar-refractivity contribution in [1.82, 2.24) is 0 Å². The van der Waals surface area contributed by atoms with E-state index in [-0.39, 0.29) is 23.0 Å². The predicted molar refractivity (Wildman–Crippen MR) is 81.0 cm³/mol. The molecule has 0 bridgehead atoms. The molecule has 0 spiro atoms. The molecule has 0 saturated carbocycles. The summed E-state index contributed by atoms with van der Waals surface area (Å²) in [5, 5.41) is 0. The SMILES string of the molecule is CCOC(=O)C[N+](CC)(CC)CC#Cc1ccccc1.[Br-]. The Morgan fingerprint density at radius 2 is 1.76 bits per heavy atom. The monoisotopic (exact) mass is 353 g/mol. The second-order valence-electron chi connectivity index (χ2n) is 4.76. The minimum Gasteiger partial charge on any atom is -1.00 e. The van der Waals surface area contributed by atoms with Crippen molar-refractivity contribution in [3.8, 4) is 11.8 Å². The lowest BCUT2D eigenvalue weighted by Gasteiger charge is -2.33. The number of hydrogen-bond acceptors (Lipinski definition) is 2. The van der Waals surface area contributed by atoms with Gasteiger partial charge >= 0.3 is 5.97 Å². The van der Waals surface area contributed by atoms with Crippen LogP contribution in [0.25, 0.3) is 0 Å². The number of ether oxygens (including phenoxy) is 1. The molecule has 0 fully saturated rings. The number of likely N-dealkylation sites (N-methyl/N-ethyl adjacent to an activating group) is 1. The van der Waals surface area contributed by atoms with Gasteiger partial charge in [-0.15, -0.1) is 0 Å². The number of benzene rings is 1. The first kappa shape index (κ1) is 19.7. The number of carbonyl (C=O) groups excluding carboxylic acids is 1. The average molecular weight is 354 g/mol. The third-order valence-electron chi connectivity index (χ3n) is 3.53. The summed E-state index contributed by atoms with van der Waals surface area (Å²) in [6.07, 6.45) is 0. The van der Waals surface area contributed by atoms with E-state index in [4.69, 9.17) is 4.74 Å². The molecule has 0 aliphatic carbocycles. The van der Waals surface area contributed by atoms with Crippen LogP contribution in [0.2, 0.25) is 0 Å². The molecule has 0 saturated heterocycles. The molecule has 3 nitrogen and oxygen atoms in total. The van der Waals surface area contributed by atoms with Crippen LogP contribution in [0.1, 0.15) is 26.3 Å². The van der Waals surface area contributed by atoms with Crippen LogP contribution in [-0.2, 0) is 9.53 Å². The standard InChI is InChI=1S/C17H24NO2.BrH/c1-4-18(5-2,15-17(19)20-6-3)14-10-13-16-11-8-7-9-12-16;/h7-9,11-12H,4-6,14-15H2,1-3H3;1H/q+1;/p-1. The minimum atomic E-state index is -0.141. The van der Waals surface area contributed by atoms with Gasteiger partial charge in [-0.25, -0.2) is 4.79 Å². The number of nitrogens with zero attached hydrogens (tertiary/aromatic N) is 1. The third kappa shape index (κ3) is 6.79. The summed E-state index contributed by atoms with van der Waals surface area (Å²) < 4.78 is 5.71. The normalized spacial score (nSPS) is 10.0. The predicted octanol–water partition coefficient (Wildman–Crippen LogP) is -0.538. The Balaban J connectivity index is 0.00000400. The zero-order valence-electron chi connectivity index (χ0n) is 13.1. The highest BCUT2D eigenvalue weighted by molar-refractivity contribution is 5.70. The Bertz CT molecular complexity index is 473. The van der Waals surface area contributed by atoms with Crippen LogP contribution >= 0.6 is 0 Å². The van der Waals surface area contributed by atoms with Crippen molar-refractivity contribution >= 4 is 5.97 Å². The van der Waals surface area contributed by atoms with E-state index in [1.807, 2.05) is 37.3 Å². The second kappa shape index (κ2) is 10.4. The van der Waals surface area contributed by atoms with Crippen molar-refractivity contribution in [2.45, 2.75) is 20.8 Å². The molecule has 21 heavy (non-hydrogen) atoms. The third-order valence-corrected chi connectivity index (χ3v) is 3.53. The molecule has 0 atom stereocenters. The first-order valence-corrected chi connectivity index (χ1v) is 7.20. The van der Waals surface area contributed by atoms with Gasteiger partial charge in [0, 0.05) is 5.56 Å². The van der Waals surface area contributed by atoms with E-state index in [2.05, 4.69) is 25.7 Å². The van der Waals surface area contributed by atoms with Crippen molar-refractivity contribution in [2.75, 3.05) is 32.8 Å². The highest BCUT2D eigenvalue weighted by atomic mass is 79.9. The van der Waals surface area contributed by atoms with E-state index in [1.54, 1.807) is 0 Å². The summed E-state index contributed by atoms with van der Waals surface area (Å²) in [4.78, 5) is 11.7. The molecule has 0 aromatic heterocycles. The van der Waals surface area contributed by atoms with Gasteiger partial charge in [0.05, 0.1) is 19.7 Å². The van der Waals surface area contributed by atoms with Gasteiger partial charge in [-0.3, -0.25) is 0 Å². The van der Waals surface area contributed by atoms with E-state index in [1.165, 1.54) is 0 Å². The molecular weight excluding hydrogens is 330 g/mol. The van der Waals surface area contributed by atoms with Gasteiger partial charge in [-0.2, -0.15) is 0 Å². The van der Waals surface area contributed by atoms with Crippen LogP contribution in [0.3, 0.4) is 0 Å². The molecule has 0 N–H and O–H groups in total. The van der Waals surface area contributed by atoms with Crippen molar-refractivity contribution in [3.05, 3.63) is 35.9 Å². The average Bonchev–Trinajstić information content (AvgIpc) is 2.47. The number of carbonyl (C=O) groups is 1. The second-order valence-corrected chi connectivity index (χ2v) is 4.76. The number of hydrogen-bond donors (Lipinski definition) is 0. The fourth-order valence-corrected chi connectivity index (χ4v) is 2.04. The van der Waals surface area contributed by atoms with Gasteiger partial charge in [0.2, 0.25) is 0 Å². The molecule has 116 valence electrons. The van der Waals surface area contributed by atoms with Crippen molar-refractivity contribution in [3.63, 3.8) is 0 Å². The topological polar surface area (TPSA) is 26.3 Å². The highest BCUT2D eigenvalue weighted by Crippen LogP contribution is 2.06. The molecule has 4 heteroatoms. The molecule has 0 aliphatic heterocycles. The fraction of sp³-hybridized carbons (Fsp3) is 0.471. The van der Waals surface area contributed by atoms with Gasteiger partial charge < -0.3 is 26.2 Å². The lowest BCUT2D eigenvalue weighted by atomic mass is 10.2. The molecule has 0 aliphatic rings. The summed E-state index contributed by atoms with van der Waals surface area (Å²) in [5.41, 5.74) is 1.01. The van der Waals surface area contributed by atoms with Crippen LogP contribution in [-0.4, -0.2) is 43.2 Å². The van der Waals surface area contributed by atoms with E-state index < -0.39 is 0 Å². The van der Waals surface area contributed by atoms with E-state index >= 15 is 0 Å². The van der Waals surface area contributed by atoms with Crippen LogP contribution in [0, 0.1) is 11.8 Å². The van der Waals surface area contributed by atoms with Gasteiger partial charge in [0.15, 0.2) is 6.54 Å². The Labute approximate surface area is 138 Å². The number of quaternary nitrogens is 1. The summed E-state index contributed by atoms with van der Waals surface area (Å²) in [6, 6.07) is 9.91. The Hall–Kier alpha value is -1.31. The molecule has 1 aromatic carbocycles. The maximum absolute atomic E-state index is 11.7. The first-order chi connectivity index (χ1) is 9.65. The molecule has 1 rings (SSSR count). The van der Waals surface area contributed by atoms with Gasteiger partial charge in [-0.05, 0) is 38.8 Å². The Morgan fingerprint density at radius 1 is 1.14 bits per heavy atom. The number of halogens is 1. The van der Waals surface area contributed by atoms with Crippen molar-refractivity contribution < 1.29 is 31.0 Å². The molecule has 0 heterocycles. The van der Waals surface area contributed by atoms with E-state index in [0.29, 0.717) is 24.2 Å². The molecule has 1 aromatic rings. The highest BCUT2D eigenvalue weighted by Gasteiger charge is 2.26. The maximum atomic E-state index is 11.7. The summed E-state index contributed by atoms with van der Waals surface area (Å²) in [6.45, 7) is 9.25. The lowest BCUT2D eigenvalue weighted by Crippen LogP contribution is -3.00. The summed E-state index contributed by atoms with van der Waals surface area (Å²) >= 11 is 0. The van der Waals surface area contributed by atoms with Crippen LogP contribution in [0.5, 0.6) is 0 Å². The summed E-state index contributed by atoms with van der Waals surface area (Å²) in [5.74, 6) is 6.22. The van der Waals surface area contributed by atoms with Crippen LogP contribution < -0.4 is 17.0 Å². The van der Waals surface area contributed by atoms with Gasteiger partial charge in [0.1, 0.15) is 6.54 Å². The first-order valence-electron chi connectivity index (χ1n) is 7.20. The van der Waals surface area contributed by atoms with Crippen molar-refractivity contribution in [2.24, 2.45) is 0 Å². The number of rotatable bonds is 6. The quantitative estimate of drug-likeness (QED) is 0.390. The minimum absolute atomic E-state index is 0. The van der Waals surface area contributed by atoms with E-state index in [9.17, 15) is 4.79 Å². The lowest BCUT2D eigenvalue weighted by molar-refractivity contribution is -0.911.